The molecular formula is C11H12NY-. The Morgan fingerprint density at radius 1 is 1.38 bits per heavy atom. The minimum Gasteiger partial charge on any atom is -0.327 e. The van der Waals surface area contributed by atoms with Crippen LogP contribution in [0, 0.1) is 6.07 Å². The molecular weight excluding hydrogens is 235 g/mol. The smallest absolute Gasteiger partial charge is 0.0139 e. The summed E-state index contributed by atoms with van der Waals surface area (Å²) in [6, 6.07) is 9.22. The Kier molecular flexibility index (Phi) is 4.31. The van der Waals surface area contributed by atoms with E-state index in [4.69, 9.17) is 5.73 Å². The molecule has 0 unspecified atom stereocenters. The van der Waals surface area contributed by atoms with Crippen LogP contribution in [0.1, 0.15) is 17.5 Å². The Morgan fingerprint density at radius 2 is 2.23 bits per heavy atom. The van der Waals surface area contributed by atoms with Gasteiger partial charge in [0.2, 0.25) is 0 Å². The van der Waals surface area contributed by atoms with Gasteiger partial charge in [0.25, 0.3) is 0 Å². The molecule has 1 aromatic rings. The van der Waals surface area contributed by atoms with Crippen molar-refractivity contribution in [1.29, 1.82) is 0 Å². The summed E-state index contributed by atoms with van der Waals surface area (Å²) in [4.78, 5) is 0. The van der Waals surface area contributed by atoms with Crippen molar-refractivity contribution in [2.75, 3.05) is 6.54 Å². The molecule has 65 valence electrons. The Hall–Kier alpha value is 0.0239. The van der Waals surface area contributed by atoms with E-state index in [1.807, 2.05) is 6.07 Å². The van der Waals surface area contributed by atoms with Crippen LogP contribution in [0.25, 0.3) is 6.08 Å². The molecule has 0 aromatic heterocycles. The van der Waals surface area contributed by atoms with Gasteiger partial charge >= 0.3 is 0 Å². The Bertz CT molecular complexity index is 318. The molecule has 0 atom stereocenters. The zero-order valence-electron chi connectivity index (χ0n) is 7.59. The fourth-order valence-corrected chi connectivity index (χ4v) is 1.58. The Morgan fingerprint density at radius 3 is 3.00 bits per heavy atom. The van der Waals surface area contributed by atoms with Crippen LogP contribution in [0.2, 0.25) is 0 Å². The maximum Gasteiger partial charge on any atom is 0.0139 e. The van der Waals surface area contributed by atoms with Crippen LogP contribution in [-0.2, 0) is 39.1 Å². The number of benzene rings is 1. The molecule has 0 saturated carbocycles. The second-order valence-corrected chi connectivity index (χ2v) is 3.13. The summed E-state index contributed by atoms with van der Waals surface area (Å²) >= 11 is 0. The van der Waals surface area contributed by atoms with Gasteiger partial charge in [-0.1, -0.05) is 18.1 Å². The van der Waals surface area contributed by atoms with E-state index in [1.54, 1.807) is 0 Å². The summed E-state index contributed by atoms with van der Waals surface area (Å²) in [6.07, 6.45) is 4.43. The first kappa shape index (κ1) is 11.1. The van der Waals surface area contributed by atoms with Crippen molar-refractivity contribution in [1.82, 2.24) is 0 Å². The minimum absolute atomic E-state index is 0. The van der Waals surface area contributed by atoms with Crippen LogP contribution in [0.5, 0.6) is 0 Å². The third kappa shape index (κ3) is 2.49. The molecule has 1 radical (unpaired) electrons. The van der Waals surface area contributed by atoms with Crippen LogP contribution >= 0.6 is 0 Å². The van der Waals surface area contributed by atoms with Crippen LogP contribution in [0.4, 0.5) is 0 Å². The minimum atomic E-state index is 0. The van der Waals surface area contributed by atoms with Gasteiger partial charge in [-0.25, -0.2) is 0 Å². The molecule has 1 aliphatic carbocycles. The van der Waals surface area contributed by atoms with Gasteiger partial charge in [-0.15, -0.1) is 11.1 Å². The molecule has 2 N–H and O–H groups in total. The number of nitrogens with two attached hydrogens (primary N) is 1. The van der Waals surface area contributed by atoms with E-state index >= 15 is 0 Å². The number of fused-ring (bicyclic) bond motifs is 1. The van der Waals surface area contributed by atoms with Crippen LogP contribution in [0.15, 0.2) is 23.8 Å². The predicted octanol–water partition coefficient (Wildman–Crippen LogP) is 1.77. The van der Waals surface area contributed by atoms with E-state index in [1.165, 1.54) is 16.7 Å². The monoisotopic (exact) mass is 247 g/mol. The molecule has 0 amide bonds. The van der Waals surface area contributed by atoms with Gasteiger partial charge in [-0.05, 0) is 6.42 Å². The van der Waals surface area contributed by atoms with Crippen molar-refractivity contribution in [3.05, 3.63) is 41.0 Å². The van der Waals surface area contributed by atoms with E-state index in [0.29, 0.717) is 6.54 Å². The molecule has 0 aliphatic heterocycles. The van der Waals surface area contributed by atoms with E-state index in [0.717, 1.165) is 12.8 Å². The summed E-state index contributed by atoms with van der Waals surface area (Å²) in [5.41, 5.74) is 9.66. The van der Waals surface area contributed by atoms with Crippen LogP contribution in [0.3, 0.4) is 0 Å². The topological polar surface area (TPSA) is 26.0 Å². The molecule has 0 saturated heterocycles. The maximum atomic E-state index is 5.58. The molecule has 2 heteroatoms. The summed E-state index contributed by atoms with van der Waals surface area (Å²) in [5.74, 6) is 0. The van der Waals surface area contributed by atoms with Crippen molar-refractivity contribution in [3.63, 3.8) is 0 Å². The predicted molar refractivity (Wildman–Crippen MR) is 50.6 cm³/mol. The van der Waals surface area contributed by atoms with Crippen molar-refractivity contribution in [2.45, 2.75) is 12.8 Å². The van der Waals surface area contributed by atoms with Gasteiger partial charge in [0.05, 0.1) is 0 Å². The fraction of sp³-hybridized carbons (Fsp3) is 0.273. The molecule has 13 heavy (non-hydrogen) atoms. The summed E-state index contributed by atoms with van der Waals surface area (Å²) in [5, 5.41) is 0. The Balaban J connectivity index is 0.000000845. The normalized spacial score (nSPS) is 14.1. The van der Waals surface area contributed by atoms with Gasteiger partial charge in [-0.3, -0.25) is 0 Å². The summed E-state index contributed by atoms with van der Waals surface area (Å²) < 4.78 is 0. The molecule has 1 aliphatic rings. The van der Waals surface area contributed by atoms with Crippen LogP contribution < -0.4 is 5.73 Å². The van der Waals surface area contributed by atoms with Gasteiger partial charge in [-0.2, -0.15) is 24.3 Å². The van der Waals surface area contributed by atoms with Gasteiger partial charge in [0, 0.05) is 39.3 Å². The second-order valence-electron chi connectivity index (χ2n) is 3.13. The van der Waals surface area contributed by atoms with Crippen molar-refractivity contribution < 1.29 is 32.7 Å². The first-order valence-corrected chi connectivity index (χ1v) is 4.28. The zero-order chi connectivity index (χ0) is 8.39. The average Bonchev–Trinajstić information content (AvgIpc) is 2.17. The van der Waals surface area contributed by atoms with Gasteiger partial charge in [0.1, 0.15) is 0 Å². The van der Waals surface area contributed by atoms with E-state index in [-0.39, 0.29) is 32.7 Å². The standard InChI is InChI=1S/C11H12N.Y/c12-8-9-5-6-10-3-1-2-4-11(10)7-9;/h2-4,7H,5-6,8,12H2;/q-1;. The fourth-order valence-electron chi connectivity index (χ4n) is 1.58. The van der Waals surface area contributed by atoms with Crippen molar-refractivity contribution in [2.24, 2.45) is 5.73 Å². The van der Waals surface area contributed by atoms with Gasteiger partial charge < -0.3 is 5.73 Å². The second kappa shape index (κ2) is 5.04. The quantitative estimate of drug-likeness (QED) is 0.752. The SMILES string of the molecule is NCC1=Cc2cc[c-]cc2CC1.[Y]. The number of rotatable bonds is 1. The molecule has 1 nitrogen and oxygen atoms in total. The summed E-state index contributed by atoms with van der Waals surface area (Å²) in [7, 11) is 0. The van der Waals surface area contributed by atoms with Crippen molar-refractivity contribution >= 4 is 6.08 Å². The third-order valence-corrected chi connectivity index (χ3v) is 2.32. The molecule has 0 heterocycles. The zero-order valence-corrected chi connectivity index (χ0v) is 10.4. The van der Waals surface area contributed by atoms with E-state index < -0.39 is 0 Å². The first-order valence-electron chi connectivity index (χ1n) is 4.28. The molecule has 1 aromatic carbocycles. The average molecular weight is 247 g/mol. The Labute approximate surface area is 104 Å². The van der Waals surface area contributed by atoms with Crippen LogP contribution in [-0.4, -0.2) is 6.54 Å². The van der Waals surface area contributed by atoms with Crippen molar-refractivity contribution in [3.8, 4) is 0 Å². The molecule has 0 fully saturated rings. The number of aryl methyl sites for hydroxylation is 1. The third-order valence-electron chi connectivity index (χ3n) is 2.32. The van der Waals surface area contributed by atoms with E-state index in [9.17, 15) is 0 Å². The first-order chi connectivity index (χ1) is 5.90. The molecule has 0 spiro atoms. The number of hydrogen-bond acceptors (Lipinski definition) is 1. The molecule has 2 rings (SSSR count). The van der Waals surface area contributed by atoms with E-state index in [2.05, 4.69) is 24.3 Å². The van der Waals surface area contributed by atoms with Gasteiger partial charge in [0.15, 0.2) is 0 Å². The summed E-state index contributed by atoms with van der Waals surface area (Å²) in [6.45, 7) is 0.693. The molecule has 0 bridgehead atoms. The maximum absolute atomic E-state index is 5.58. The largest absolute Gasteiger partial charge is 0.327 e. The number of hydrogen-bond donors (Lipinski definition) is 1.